The Morgan fingerprint density at radius 1 is 1.32 bits per heavy atom. The first kappa shape index (κ1) is 15.3. The van der Waals surface area contributed by atoms with E-state index < -0.39 is 28.2 Å². The highest BCUT2D eigenvalue weighted by Crippen LogP contribution is 2.65. The van der Waals surface area contributed by atoms with Gasteiger partial charge in [0.25, 0.3) is 5.91 Å². The number of halogens is 2. The number of anilines is 1. The lowest BCUT2D eigenvalue weighted by Gasteiger charge is -2.35. The van der Waals surface area contributed by atoms with E-state index in [0.29, 0.717) is 18.5 Å². The first-order valence-corrected chi connectivity index (χ1v) is 7.52. The highest BCUT2D eigenvalue weighted by Gasteiger charge is 2.75. The SMILES string of the molecule is CC1(C)[C@@]2(C(=O)Nc3ccc(F)c(Cl)c3)CC[C@]1(C)C(=O)O2. The second-order valence-corrected chi connectivity index (χ2v) is 7.16. The zero-order valence-electron chi connectivity index (χ0n) is 12.6. The molecule has 0 unspecified atom stereocenters. The number of carbonyl (C=O) groups excluding carboxylic acids is 2. The maximum absolute atomic E-state index is 13.2. The molecule has 1 heterocycles. The van der Waals surface area contributed by atoms with Crippen molar-refractivity contribution in [2.45, 2.75) is 39.2 Å². The molecule has 4 nitrogen and oxygen atoms in total. The number of benzene rings is 1. The summed E-state index contributed by atoms with van der Waals surface area (Å²) in [5, 5.41) is 2.62. The normalized spacial score (nSPS) is 32.0. The van der Waals surface area contributed by atoms with E-state index in [1.807, 2.05) is 20.8 Å². The van der Waals surface area contributed by atoms with Gasteiger partial charge in [0, 0.05) is 11.1 Å². The molecule has 1 aromatic carbocycles. The number of nitrogens with one attached hydrogen (secondary N) is 1. The lowest BCUT2D eigenvalue weighted by atomic mass is 9.66. The lowest BCUT2D eigenvalue weighted by Crippen LogP contribution is -2.50. The molecular weight excluding hydrogens is 309 g/mol. The van der Waals surface area contributed by atoms with E-state index in [4.69, 9.17) is 16.3 Å². The van der Waals surface area contributed by atoms with Crippen molar-refractivity contribution >= 4 is 29.2 Å². The van der Waals surface area contributed by atoms with Crippen LogP contribution in [0.3, 0.4) is 0 Å². The molecule has 6 heteroatoms. The largest absolute Gasteiger partial charge is 0.448 e. The van der Waals surface area contributed by atoms with E-state index in [0.717, 1.165) is 0 Å². The number of hydrogen-bond acceptors (Lipinski definition) is 3. The summed E-state index contributed by atoms with van der Waals surface area (Å²) in [5.74, 6) is -1.29. The van der Waals surface area contributed by atoms with Gasteiger partial charge in [0.15, 0.2) is 5.60 Å². The topological polar surface area (TPSA) is 55.4 Å². The third-order valence-electron chi connectivity index (χ3n) is 5.63. The minimum atomic E-state index is -1.19. The number of rotatable bonds is 2. The van der Waals surface area contributed by atoms with Gasteiger partial charge >= 0.3 is 5.97 Å². The van der Waals surface area contributed by atoms with E-state index in [2.05, 4.69) is 5.32 Å². The smallest absolute Gasteiger partial charge is 0.313 e. The Bertz CT molecular complexity index is 690. The van der Waals surface area contributed by atoms with Crippen molar-refractivity contribution in [3.63, 3.8) is 0 Å². The molecule has 0 radical (unpaired) electrons. The Balaban J connectivity index is 1.92. The van der Waals surface area contributed by atoms with E-state index in [9.17, 15) is 14.0 Å². The van der Waals surface area contributed by atoms with Crippen LogP contribution in [0, 0.1) is 16.6 Å². The molecule has 1 N–H and O–H groups in total. The van der Waals surface area contributed by atoms with Gasteiger partial charge in [0.05, 0.1) is 10.4 Å². The van der Waals surface area contributed by atoms with Crippen LogP contribution < -0.4 is 5.32 Å². The molecule has 1 saturated heterocycles. The standard InChI is InChI=1S/C16H17ClFNO3/c1-14(2)15(3)6-7-16(14,22-13(15)21)12(20)19-9-4-5-11(18)10(17)8-9/h4-5,8H,6-7H2,1-3H3,(H,19,20)/t15-,16+/m1/s1. The molecule has 22 heavy (non-hydrogen) atoms. The van der Waals surface area contributed by atoms with Crippen LogP contribution in [-0.4, -0.2) is 17.5 Å². The van der Waals surface area contributed by atoms with Gasteiger partial charge in [0.1, 0.15) is 5.82 Å². The van der Waals surface area contributed by atoms with E-state index >= 15 is 0 Å². The van der Waals surface area contributed by atoms with Crippen molar-refractivity contribution in [1.29, 1.82) is 0 Å². The van der Waals surface area contributed by atoms with Crippen LogP contribution >= 0.6 is 11.6 Å². The molecule has 2 bridgehead atoms. The number of fused-ring (bicyclic) bond motifs is 2. The Hall–Kier alpha value is -1.62. The molecule has 1 aliphatic heterocycles. The predicted molar refractivity (Wildman–Crippen MR) is 80.0 cm³/mol. The van der Waals surface area contributed by atoms with Crippen molar-refractivity contribution in [2.24, 2.45) is 10.8 Å². The molecule has 0 aromatic heterocycles. The Morgan fingerprint density at radius 3 is 2.50 bits per heavy atom. The van der Waals surface area contributed by atoms with Gasteiger partial charge in [-0.1, -0.05) is 25.4 Å². The van der Waals surface area contributed by atoms with Crippen LogP contribution in [-0.2, 0) is 14.3 Å². The zero-order valence-corrected chi connectivity index (χ0v) is 13.4. The van der Waals surface area contributed by atoms with Crippen molar-refractivity contribution < 1.29 is 18.7 Å². The highest BCUT2D eigenvalue weighted by atomic mass is 35.5. The fourth-order valence-electron chi connectivity index (χ4n) is 3.55. The average Bonchev–Trinajstić information content (AvgIpc) is 2.73. The predicted octanol–water partition coefficient (Wildman–Crippen LogP) is 3.54. The van der Waals surface area contributed by atoms with Crippen LogP contribution in [0.4, 0.5) is 10.1 Å². The molecule has 118 valence electrons. The number of esters is 1. The maximum atomic E-state index is 13.2. The summed E-state index contributed by atoms with van der Waals surface area (Å²) < 4.78 is 18.7. The number of carbonyl (C=O) groups is 2. The van der Waals surface area contributed by atoms with Gasteiger partial charge in [-0.25, -0.2) is 4.39 Å². The van der Waals surface area contributed by atoms with Gasteiger partial charge in [-0.15, -0.1) is 0 Å². The molecule has 0 spiro atoms. The lowest BCUT2D eigenvalue weighted by molar-refractivity contribution is -0.165. The van der Waals surface area contributed by atoms with Crippen molar-refractivity contribution in [3.05, 3.63) is 29.0 Å². The van der Waals surface area contributed by atoms with Crippen molar-refractivity contribution in [1.82, 2.24) is 0 Å². The van der Waals surface area contributed by atoms with Crippen LogP contribution in [0.15, 0.2) is 18.2 Å². The van der Waals surface area contributed by atoms with Gasteiger partial charge in [-0.3, -0.25) is 9.59 Å². The summed E-state index contributed by atoms with van der Waals surface area (Å²) in [7, 11) is 0. The van der Waals surface area contributed by atoms with Gasteiger partial charge in [-0.2, -0.15) is 0 Å². The van der Waals surface area contributed by atoms with Crippen LogP contribution in [0.25, 0.3) is 0 Å². The summed E-state index contributed by atoms with van der Waals surface area (Å²) in [6.07, 6.45) is 1.08. The minimum absolute atomic E-state index is 0.0748. The summed E-state index contributed by atoms with van der Waals surface area (Å²) in [6.45, 7) is 5.59. The average molecular weight is 326 g/mol. The van der Waals surface area contributed by atoms with E-state index in [1.54, 1.807) is 0 Å². The minimum Gasteiger partial charge on any atom is -0.448 e. The first-order chi connectivity index (χ1) is 10.1. The van der Waals surface area contributed by atoms with Gasteiger partial charge in [0.2, 0.25) is 0 Å². The second kappa shape index (κ2) is 4.44. The molecule has 1 aliphatic carbocycles. The Morgan fingerprint density at radius 2 is 2.00 bits per heavy atom. The second-order valence-electron chi connectivity index (χ2n) is 6.76. The molecule has 1 aromatic rings. The summed E-state index contributed by atoms with van der Waals surface area (Å²) in [4.78, 5) is 24.9. The first-order valence-electron chi connectivity index (χ1n) is 7.14. The van der Waals surface area contributed by atoms with Gasteiger partial charge in [-0.05, 0) is 38.0 Å². The van der Waals surface area contributed by atoms with E-state index in [1.165, 1.54) is 18.2 Å². The molecule has 3 rings (SSSR count). The molecule has 1 amide bonds. The third kappa shape index (κ3) is 1.69. The Kier molecular flexibility index (Phi) is 3.09. The Labute approximate surface area is 133 Å². The number of hydrogen-bond donors (Lipinski definition) is 1. The van der Waals surface area contributed by atoms with Gasteiger partial charge < -0.3 is 10.1 Å². The quantitative estimate of drug-likeness (QED) is 0.846. The molecular formula is C16H17ClFNO3. The maximum Gasteiger partial charge on any atom is 0.313 e. The summed E-state index contributed by atoms with van der Waals surface area (Å²) >= 11 is 5.72. The zero-order chi connectivity index (χ0) is 16.3. The van der Waals surface area contributed by atoms with Crippen molar-refractivity contribution in [2.75, 3.05) is 5.32 Å². The molecule has 2 fully saturated rings. The third-order valence-corrected chi connectivity index (χ3v) is 5.92. The van der Waals surface area contributed by atoms with E-state index in [-0.39, 0.29) is 11.0 Å². The van der Waals surface area contributed by atoms with Crippen LogP contribution in [0.1, 0.15) is 33.6 Å². The summed E-state index contributed by atoms with van der Waals surface area (Å²) in [5.41, 5.74) is -2.10. The fraction of sp³-hybridized carbons (Fsp3) is 0.500. The van der Waals surface area contributed by atoms with Crippen LogP contribution in [0.2, 0.25) is 5.02 Å². The fourth-order valence-corrected chi connectivity index (χ4v) is 3.73. The molecule has 1 saturated carbocycles. The monoisotopic (exact) mass is 325 g/mol. The molecule has 2 aliphatic rings. The van der Waals surface area contributed by atoms with Crippen molar-refractivity contribution in [3.8, 4) is 0 Å². The molecule has 2 atom stereocenters. The highest BCUT2D eigenvalue weighted by molar-refractivity contribution is 6.31. The number of ether oxygens (including phenoxy) is 1. The number of amides is 1. The summed E-state index contributed by atoms with van der Waals surface area (Å²) in [6, 6.07) is 3.94. The van der Waals surface area contributed by atoms with Crippen LogP contribution in [0.5, 0.6) is 0 Å².